The molecule has 0 radical (unpaired) electrons. The van der Waals surface area contributed by atoms with Gasteiger partial charge in [0.1, 0.15) is 5.65 Å². The van der Waals surface area contributed by atoms with Crippen LogP contribution in [0.3, 0.4) is 0 Å². The number of pyridine rings is 1. The lowest BCUT2D eigenvalue weighted by Gasteiger charge is -2.11. The maximum atomic E-state index is 4.53. The van der Waals surface area contributed by atoms with Crippen molar-refractivity contribution < 1.29 is 0 Å². The summed E-state index contributed by atoms with van der Waals surface area (Å²) in [5.74, 6) is 6.64. The average Bonchev–Trinajstić information content (AvgIpc) is 3.36. The molecule has 30 heavy (non-hydrogen) atoms. The van der Waals surface area contributed by atoms with Gasteiger partial charge in [-0.15, -0.1) is 0 Å². The quantitative estimate of drug-likeness (QED) is 0.415. The van der Waals surface area contributed by atoms with Gasteiger partial charge >= 0.3 is 0 Å². The van der Waals surface area contributed by atoms with Crippen LogP contribution in [0.1, 0.15) is 16.7 Å². The first-order chi connectivity index (χ1) is 14.7. The monoisotopic (exact) mass is 388 g/mol. The van der Waals surface area contributed by atoms with Crippen molar-refractivity contribution in [2.24, 2.45) is 7.05 Å². The van der Waals surface area contributed by atoms with E-state index < -0.39 is 0 Å². The SMILES string of the molecule is Cc1ccc(-c2[nH]c3ncccc3c2C#Cc2cnn(C)c2)c(-c2ccccc2)c1. The lowest BCUT2D eigenvalue weighted by molar-refractivity contribution is 0.767. The summed E-state index contributed by atoms with van der Waals surface area (Å²) in [6.07, 6.45) is 5.50. The molecular formula is C26H20N4. The third-order valence-electron chi connectivity index (χ3n) is 5.14. The highest BCUT2D eigenvalue weighted by molar-refractivity contribution is 5.95. The van der Waals surface area contributed by atoms with E-state index in [0.717, 1.165) is 33.4 Å². The van der Waals surface area contributed by atoms with Crippen LogP contribution in [0.5, 0.6) is 0 Å². The van der Waals surface area contributed by atoms with Crippen LogP contribution in [0.15, 0.2) is 79.3 Å². The largest absolute Gasteiger partial charge is 0.338 e. The molecule has 5 rings (SSSR count). The fourth-order valence-electron chi connectivity index (χ4n) is 3.71. The van der Waals surface area contributed by atoms with Gasteiger partial charge < -0.3 is 4.98 Å². The van der Waals surface area contributed by atoms with Crippen molar-refractivity contribution in [2.45, 2.75) is 6.92 Å². The Morgan fingerprint density at radius 3 is 2.60 bits per heavy atom. The minimum atomic E-state index is 0.836. The number of hydrogen-bond acceptors (Lipinski definition) is 2. The van der Waals surface area contributed by atoms with Crippen LogP contribution in [0.4, 0.5) is 0 Å². The van der Waals surface area contributed by atoms with Crippen LogP contribution >= 0.6 is 0 Å². The second kappa shape index (κ2) is 7.38. The minimum Gasteiger partial charge on any atom is -0.338 e. The summed E-state index contributed by atoms with van der Waals surface area (Å²) < 4.78 is 1.76. The van der Waals surface area contributed by atoms with Gasteiger partial charge in [-0.25, -0.2) is 4.98 Å². The van der Waals surface area contributed by atoms with Crippen molar-refractivity contribution in [3.05, 3.63) is 95.9 Å². The topological polar surface area (TPSA) is 46.5 Å². The molecule has 2 aromatic carbocycles. The Balaban J connectivity index is 1.76. The van der Waals surface area contributed by atoms with Crippen molar-refractivity contribution >= 4 is 11.0 Å². The highest BCUT2D eigenvalue weighted by Crippen LogP contribution is 2.36. The number of nitrogens with one attached hydrogen (secondary N) is 1. The zero-order chi connectivity index (χ0) is 20.5. The molecule has 0 fully saturated rings. The molecule has 3 aromatic heterocycles. The molecule has 5 aromatic rings. The smallest absolute Gasteiger partial charge is 0.138 e. The second-order valence-corrected chi connectivity index (χ2v) is 7.34. The number of hydrogen-bond donors (Lipinski definition) is 1. The summed E-state index contributed by atoms with van der Waals surface area (Å²) in [6, 6.07) is 21.0. The van der Waals surface area contributed by atoms with Crippen molar-refractivity contribution in [1.29, 1.82) is 0 Å². The Morgan fingerprint density at radius 2 is 1.80 bits per heavy atom. The van der Waals surface area contributed by atoms with Gasteiger partial charge in [0.15, 0.2) is 0 Å². The predicted octanol–water partition coefficient (Wildman–Crippen LogP) is 5.34. The molecule has 0 aliphatic carbocycles. The summed E-state index contributed by atoms with van der Waals surface area (Å²) in [6.45, 7) is 2.12. The van der Waals surface area contributed by atoms with Gasteiger partial charge in [-0.1, -0.05) is 65.9 Å². The minimum absolute atomic E-state index is 0.836. The van der Waals surface area contributed by atoms with E-state index >= 15 is 0 Å². The first kappa shape index (κ1) is 18.0. The first-order valence-corrected chi connectivity index (χ1v) is 9.83. The highest BCUT2D eigenvalue weighted by Gasteiger charge is 2.16. The van der Waals surface area contributed by atoms with Gasteiger partial charge in [-0.3, -0.25) is 4.68 Å². The van der Waals surface area contributed by atoms with E-state index in [4.69, 9.17) is 0 Å². The van der Waals surface area contributed by atoms with E-state index in [1.54, 1.807) is 17.1 Å². The summed E-state index contributed by atoms with van der Waals surface area (Å²) in [7, 11) is 1.89. The van der Waals surface area contributed by atoms with Crippen LogP contribution in [0.25, 0.3) is 33.4 Å². The molecule has 0 spiro atoms. The number of H-pyrrole nitrogens is 1. The molecule has 0 unspecified atom stereocenters. The molecule has 0 amide bonds. The molecule has 0 saturated heterocycles. The van der Waals surface area contributed by atoms with Gasteiger partial charge in [-0.2, -0.15) is 5.10 Å². The maximum Gasteiger partial charge on any atom is 0.138 e. The average molecular weight is 388 g/mol. The third-order valence-corrected chi connectivity index (χ3v) is 5.14. The van der Waals surface area contributed by atoms with E-state index in [1.807, 2.05) is 25.4 Å². The van der Waals surface area contributed by atoms with Gasteiger partial charge in [0.2, 0.25) is 0 Å². The zero-order valence-corrected chi connectivity index (χ0v) is 16.8. The van der Waals surface area contributed by atoms with E-state index in [1.165, 1.54) is 16.7 Å². The Morgan fingerprint density at radius 1 is 0.933 bits per heavy atom. The standard InChI is InChI=1S/C26H20N4/c1-18-10-12-22(24(15-18)20-7-4-3-5-8-20)25-21(13-11-19-16-28-30(2)17-19)23-9-6-14-27-26(23)29-25/h3-10,12,14-17H,1-2H3,(H,27,29). The number of benzene rings is 2. The van der Waals surface area contributed by atoms with Gasteiger partial charge in [0.25, 0.3) is 0 Å². The molecule has 0 aliphatic rings. The number of nitrogens with zero attached hydrogens (tertiary/aromatic N) is 3. The molecule has 0 atom stereocenters. The Kier molecular flexibility index (Phi) is 4.42. The van der Waals surface area contributed by atoms with Crippen molar-refractivity contribution in [2.75, 3.05) is 0 Å². The molecule has 0 aliphatic heterocycles. The van der Waals surface area contributed by atoms with Crippen LogP contribution in [0, 0.1) is 18.8 Å². The number of aromatic amines is 1. The van der Waals surface area contributed by atoms with Crippen molar-refractivity contribution in [1.82, 2.24) is 19.7 Å². The number of aromatic nitrogens is 4. The fraction of sp³-hybridized carbons (Fsp3) is 0.0769. The van der Waals surface area contributed by atoms with Crippen LogP contribution in [-0.4, -0.2) is 19.7 Å². The van der Waals surface area contributed by atoms with Crippen molar-refractivity contribution in [3.63, 3.8) is 0 Å². The van der Waals surface area contributed by atoms with Gasteiger partial charge in [0.05, 0.1) is 23.0 Å². The van der Waals surface area contributed by atoms with Gasteiger partial charge in [-0.05, 0) is 30.2 Å². The molecule has 0 bridgehead atoms. The summed E-state index contributed by atoms with van der Waals surface area (Å²) in [4.78, 5) is 8.04. The van der Waals surface area contributed by atoms with E-state index in [0.29, 0.717) is 0 Å². The molecule has 4 nitrogen and oxygen atoms in total. The lowest BCUT2D eigenvalue weighted by Crippen LogP contribution is -1.89. The summed E-state index contributed by atoms with van der Waals surface area (Å²) in [5, 5.41) is 5.23. The van der Waals surface area contributed by atoms with Crippen LogP contribution < -0.4 is 0 Å². The molecular weight excluding hydrogens is 368 g/mol. The Bertz CT molecular complexity index is 1410. The van der Waals surface area contributed by atoms with Gasteiger partial charge in [0, 0.05) is 30.4 Å². The number of rotatable bonds is 2. The normalized spacial score (nSPS) is 10.7. The van der Waals surface area contributed by atoms with Crippen molar-refractivity contribution in [3.8, 4) is 34.2 Å². The summed E-state index contributed by atoms with van der Waals surface area (Å²) in [5.41, 5.74) is 8.33. The first-order valence-electron chi connectivity index (χ1n) is 9.83. The maximum absolute atomic E-state index is 4.53. The highest BCUT2D eigenvalue weighted by atomic mass is 15.2. The van der Waals surface area contributed by atoms with E-state index in [-0.39, 0.29) is 0 Å². The molecule has 144 valence electrons. The Labute approximate surface area is 175 Å². The molecule has 0 saturated carbocycles. The predicted molar refractivity (Wildman–Crippen MR) is 121 cm³/mol. The molecule has 3 heterocycles. The Hall–Kier alpha value is -4.10. The van der Waals surface area contributed by atoms with Crippen LogP contribution in [-0.2, 0) is 7.05 Å². The molecule has 4 heteroatoms. The second-order valence-electron chi connectivity index (χ2n) is 7.34. The molecule has 1 N–H and O–H groups in total. The third kappa shape index (κ3) is 3.27. The number of fused-ring (bicyclic) bond motifs is 1. The number of aryl methyl sites for hydroxylation is 2. The fourth-order valence-corrected chi connectivity index (χ4v) is 3.71. The van der Waals surface area contributed by atoms with Crippen LogP contribution in [0.2, 0.25) is 0 Å². The lowest BCUT2D eigenvalue weighted by atomic mass is 9.94. The van der Waals surface area contributed by atoms with E-state index in [9.17, 15) is 0 Å². The zero-order valence-electron chi connectivity index (χ0n) is 16.8. The van der Waals surface area contributed by atoms with E-state index in [2.05, 4.69) is 82.4 Å². The summed E-state index contributed by atoms with van der Waals surface area (Å²) >= 11 is 0.